The van der Waals surface area contributed by atoms with Crippen LogP contribution in [0.25, 0.3) is 0 Å². The molecule has 0 aromatic rings. The molecule has 1 heterocycles. The van der Waals surface area contributed by atoms with Crippen LogP contribution in [0.15, 0.2) is 0 Å². The Morgan fingerprint density at radius 3 is 2.79 bits per heavy atom. The van der Waals surface area contributed by atoms with Gasteiger partial charge in [0.25, 0.3) is 0 Å². The molecule has 0 bridgehead atoms. The summed E-state index contributed by atoms with van der Waals surface area (Å²) in [5.41, 5.74) is 0. The Morgan fingerprint density at radius 2 is 2.21 bits per heavy atom. The second-order valence-electron chi connectivity index (χ2n) is 4.23. The summed E-state index contributed by atoms with van der Waals surface area (Å²) < 4.78 is 9.75. The normalized spacial score (nSPS) is 20.5. The van der Waals surface area contributed by atoms with Crippen molar-refractivity contribution in [3.8, 4) is 0 Å². The van der Waals surface area contributed by atoms with Crippen LogP contribution in [0.2, 0.25) is 0 Å². The second kappa shape index (κ2) is 6.93. The summed E-state index contributed by atoms with van der Waals surface area (Å²) in [6, 6.07) is -1.19. The summed E-state index contributed by atoms with van der Waals surface area (Å²) in [6.07, 6.45) is -0.679. The van der Waals surface area contributed by atoms with Gasteiger partial charge in [-0.2, -0.15) is 0 Å². The third-order valence-corrected chi connectivity index (χ3v) is 2.72. The molecule has 0 saturated carbocycles. The highest BCUT2D eigenvalue weighted by Crippen LogP contribution is 2.09. The number of hydrogen-bond acceptors (Lipinski definition) is 5. The molecule has 2 amide bonds. The van der Waals surface area contributed by atoms with Crippen molar-refractivity contribution in [3.63, 3.8) is 0 Å². The van der Waals surface area contributed by atoms with Gasteiger partial charge >= 0.3 is 18.0 Å². The molecule has 0 aromatic carbocycles. The van der Waals surface area contributed by atoms with Crippen LogP contribution in [0.3, 0.4) is 0 Å². The fraction of sp³-hybridized carbons (Fsp3) is 0.727. The smallest absolute Gasteiger partial charge is 0.328 e. The molecule has 1 aliphatic rings. The van der Waals surface area contributed by atoms with E-state index >= 15 is 0 Å². The van der Waals surface area contributed by atoms with E-state index in [4.69, 9.17) is 9.84 Å². The van der Waals surface area contributed by atoms with Gasteiger partial charge in [0.15, 0.2) is 0 Å². The number of nitrogens with one attached hydrogen (secondary N) is 1. The first-order chi connectivity index (χ1) is 8.93. The number of carbonyl (C=O) groups excluding carboxylic acids is 2. The highest BCUT2D eigenvalue weighted by atomic mass is 16.5. The molecule has 1 fully saturated rings. The van der Waals surface area contributed by atoms with Crippen LogP contribution in [0.4, 0.5) is 4.79 Å². The Hall–Kier alpha value is -1.83. The maximum absolute atomic E-state index is 11.9. The topological polar surface area (TPSA) is 105 Å². The Kier molecular flexibility index (Phi) is 5.56. The molecule has 2 N–H and O–H groups in total. The molecule has 2 unspecified atom stereocenters. The summed E-state index contributed by atoms with van der Waals surface area (Å²) >= 11 is 0. The van der Waals surface area contributed by atoms with Gasteiger partial charge in [-0.1, -0.05) is 0 Å². The zero-order chi connectivity index (χ0) is 14.4. The van der Waals surface area contributed by atoms with Crippen LogP contribution in [0.1, 0.15) is 13.3 Å². The van der Waals surface area contributed by atoms with Crippen molar-refractivity contribution in [2.24, 2.45) is 0 Å². The minimum absolute atomic E-state index is 0.156. The van der Waals surface area contributed by atoms with E-state index in [-0.39, 0.29) is 19.6 Å². The number of morpholine rings is 1. The van der Waals surface area contributed by atoms with Crippen LogP contribution in [-0.2, 0) is 19.1 Å². The first kappa shape index (κ1) is 15.2. The average molecular weight is 274 g/mol. The Labute approximate surface area is 110 Å². The van der Waals surface area contributed by atoms with Gasteiger partial charge in [-0.05, 0) is 6.92 Å². The molecule has 1 rings (SSSR count). The van der Waals surface area contributed by atoms with E-state index in [0.717, 1.165) is 0 Å². The molecular weight excluding hydrogens is 256 g/mol. The van der Waals surface area contributed by atoms with E-state index in [1.54, 1.807) is 0 Å². The van der Waals surface area contributed by atoms with Crippen molar-refractivity contribution in [3.05, 3.63) is 0 Å². The minimum atomic E-state index is -0.977. The predicted octanol–water partition coefficient (Wildman–Crippen LogP) is -0.567. The van der Waals surface area contributed by atoms with Crippen LogP contribution in [0.5, 0.6) is 0 Å². The highest BCUT2D eigenvalue weighted by molar-refractivity contribution is 5.83. The van der Waals surface area contributed by atoms with Crippen molar-refractivity contribution >= 4 is 18.0 Å². The maximum atomic E-state index is 11.9. The third kappa shape index (κ3) is 4.74. The number of carboxylic acids is 1. The highest BCUT2D eigenvalue weighted by Gasteiger charge is 2.27. The maximum Gasteiger partial charge on any atom is 0.328 e. The van der Waals surface area contributed by atoms with Crippen LogP contribution in [-0.4, -0.2) is 66.9 Å². The number of amides is 2. The summed E-state index contributed by atoms with van der Waals surface area (Å²) in [5.74, 6) is -1.51. The quantitative estimate of drug-likeness (QED) is 0.665. The van der Waals surface area contributed by atoms with Crippen LogP contribution in [0, 0.1) is 0 Å². The molecular formula is C11H18N2O6. The van der Waals surface area contributed by atoms with Gasteiger partial charge in [-0.3, -0.25) is 4.79 Å². The van der Waals surface area contributed by atoms with Gasteiger partial charge in [0.1, 0.15) is 6.04 Å². The number of urea groups is 1. The summed E-state index contributed by atoms with van der Waals surface area (Å²) in [6.45, 7) is 2.33. The van der Waals surface area contributed by atoms with E-state index in [1.807, 2.05) is 0 Å². The lowest BCUT2D eigenvalue weighted by Gasteiger charge is -2.32. The first-order valence-corrected chi connectivity index (χ1v) is 5.90. The van der Waals surface area contributed by atoms with E-state index in [9.17, 15) is 14.4 Å². The molecule has 0 aliphatic carbocycles. The SMILES string of the molecule is COC(=O)C(C)NC(=O)N1CCOC(CC(=O)O)C1. The van der Waals surface area contributed by atoms with E-state index in [1.165, 1.54) is 18.9 Å². The minimum Gasteiger partial charge on any atom is -0.481 e. The number of methoxy groups -OCH3 is 1. The van der Waals surface area contributed by atoms with Crippen LogP contribution >= 0.6 is 0 Å². The average Bonchev–Trinajstić information content (AvgIpc) is 2.37. The van der Waals surface area contributed by atoms with Gasteiger partial charge < -0.3 is 24.8 Å². The molecule has 8 heteroatoms. The molecule has 1 saturated heterocycles. The number of rotatable bonds is 4. The lowest BCUT2D eigenvalue weighted by molar-refractivity contribution is -0.142. The number of nitrogens with zero attached hydrogens (tertiary/aromatic N) is 1. The van der Waals surface area contributed by atoms with Crippen molar-refractivity contribution in [1.82, 2.24) is 10.2 Å². The van der Waals surface area contributed by atoms with Gasteiger partial charge in [0.2, 0.25) is 0 Å². The molecule has 0 aromatic heterocycles. The number of hydrogen-bond donors (Lipinski definition) is 2. The van der Waals surface area contributed by atoms with Gasteiger partial charge in [0.05, 0.1) is 26.2 Å². The van der Waals surface area contributed by atoms with Gasteiger partial charge in [0, 0.05) is 13.1 Å². The fourth-order valence-electron chi connectivity index (χ4n) is 1.73. The standard InChI is InChI=1S/C11H18N2O6/c1-7(10(16)18-2)12-11(17)13-3-4-19-8(6-13)5-9(14)15/h7-8H,3-6H2,1-2H3,(H,12,17)(H,14,15). The van der Waals surface area contributed by atoms with Gasteiger partial charge in [-0.25, -0.2) is 9.59 Å². The Balaban J connectivity index is 2.48. The van der Waals surface area contributed by atoms with E-state index < -0.39 is 30.1 Å². The molecule has 19 heavy (non-hydrogen) atoms. The number of carbonyl (C=O) groups is 3. The lowest BCUT2D eigenvalue weighted by atomic mass is 10.2. The first-order valence-electron chi connectivity index (χ1n) is 5.90. The molecule has 1 aliphatic heterocycles. The fourth-order valence-corrected chi connectivity index (χ4v) is 1.73. The molecule has 0 radical (unpaired) electrons. The lowest BCUT2D eigenvalue weighted by Crippen LogP contribution is -2.53. The number of carboxylic acid groups (broad SMARTS) is 1. The van der Waals surface area contributed by atoms with Crippen molar-refractivity contribution in [2.45, 2.75) is 25.5 Å². The van der Waals surface area contributed by atoms with Crippen molar-refractivity contribution in [1.29, 1.82) is 0 Å². The monoisotopic (exact) mass is 274 g/mol. The molecule has 108 valence electrons. The Morgan fingerprint density at radius 1 is 1.53 bits per heavy atom. The molecule has 8 nitrogen and oxygen atoms in total. The summed E-state index contributed by atoms with van der Waals surface area (Å²) in [5, 5.41) is 11.2. The van der Waals surface area contributed by atoms with E-state index in [2.05, 4.69) is 10.1 Å². The van der Waals surface area contributed by atoms with Gasteiger partial charge in [-0.15, -0.1) is 0 Å². The Bertz CT molecular complexity index is 359. The largest absolute Gasteiger partial charge is 0.481 e. The number of esters is 1. The second-order valence-corrected chi connectivity index (χ2v) is 4.23. The van der Waals surface area contributed by atoms with Crippen molar-refractivity contribution in [2.75, 3.05) is 26.8 Å². The zero-order valence-corrected chi connectivity index (χ0v) is 10.9. The predicted molar refractivity (Wildman–Crippen MR) is 63.6 cm³/mol. The molecule has 2 atom stereocenters. The van der Waals surface area contributed by atoms with Crippen molar-refractivity contribution < 1.29 is 29.0 Å². The third-order valence-electron chi connectivity index (χ3n) is 2.72. The molecule has 0 spiro atoms. The number of aliphatic carboxylic acids is 1. The summed E-state index contributed by atoms with van der Waals surface area (Å²) in [4.78, 5) is 35.1. The zero-order valence-electron chi connectivity index (χ0n) is 10.9. The van der Waals surface area contributed by atoms with Crippen LogP contribution < -0.4 is 5.32 Å². The van der Waals surface area contributed by atoms with E-state index in [0.29, 0.717) is 6.54 Å². The number of ether oxygens (including phenoxy) is 2. The summed E-state index contributed by atoms with van der Waals surface area (Å²) in [7, 11) is 1.24.